The summed E-state index contributed by atoms with van der Waals surface area (Å²) in [6.07, 6.45) is 4.69. The van der Waals surface area contributed by atoms with E-state index in [0.29, 0.717) is 18.8 Å². The van der Waals surface area contributed by atoms with Crippen LogP contribution in [0, 0.1) is 17.8 Å². The van der Waals surface area contributed by atoms with Crippen molar-refractivity contribution >= 4 is 5.97 Å². The molecule has 2 nitrogen and oxygen atoms in total. The molecule has 15 heavy (non-hydrogen) atoms. The first kappa shape index (κ1) is 10.8. The van der Waals surface area contributed by atoms with E-state index in [-0.39, 0.29) is 6.61 Å². The number of carbonyl (C=O) groups is 1. The summed E-state index contributed by atoms with van der Waals surface area (Å²) in [7, 11) is 0. The van der Waals surface area contributed by atoms with Crippen molar-refractivity contribution < 1.29 is 18.3 Å². The minimum atomic E-state index is -3.35. The van der Waals surface area contributed by atoms with Gasteiger partial charge in [-0.3, -0.25) is 0 Å². The summed E-state index contributed by atoms with van der Waals surface area (Å²) in [4.78, 5) is 10.9. The number of carbonyl (C=O) groups excluding carboxylic acids is 1. The van der Waals surface area contributed by atoms with Crippen LogP contribution in [0.4, 0.5) is 8.78 Å². The highest BCUT2D eigenvalue weighted by atomic mass is 19.3. The normalized spacial score (nSPS) is 34.5. The second-order valence-corrected chi connectivity index (χ2v) is 4.92. The Morgan fingerprint density at radius 3 is 2.60 bits per heavy atom. The first-order valence-electron chi connectivity index (χ1n) is 5.52. The van der Waals surface area contributed by atoms with Crippen LogP contribution in [-0.4, -0.2) is 18.5 Å². The maximum absolute atomic E-state index is 12.5. The van der Waals surface area contributed by atoms with Gasteiger partial charge in [-0.1, -0.05) is 6.42 Å². The summed E-state index contributed by atoms with van der Waals surface area (Å²) in [6.45, 7) is 0.763. The van der Waals surface area contributed by atoms with Crippen LogP contribution in [0.15, 0.2) is 0 Å². The van der Waals surface area contributed by atoms with Crippen LogP contribution >= 0.6 is 0 Å². The van der Waals surface area contributed by atoms with E-state index in [1.807, 2.05) is 0 Å². The Kier molecular flexibility index (Phi) is 2.69. The van der Waals surface area contributed by atoms with Crippen molar-refractivity contribution in [2.75, 3.05) is 6.61 Å². The maximum Gasteiger partial charge on any atom is 0.376 e. The highest BCUT2D eigenvalue weighted by Gasteiger charge is 2.41. The average molecular weight is 218 g/mol. The van der Waals surface area contributed by atoms with Gasteiger partial charge in [0, 0.05) is 6.92 Å². The zero-order valence-corrected chi connectivity index (χ0v) is 8.84. The van der Waals surface area contributed by atoms with E-state index in [1.54, 1.807) is 0 Å². The summed E-state index contributed by atoms with van der Waals surface area (Å²) in [5, 5.41) is 0. The van der Waals surface area contributed by atoms with Crippen molar-refractivity contribution in [3.05, 3.63) is 0 Å². The van der Waals surface area contributed by atoms with Crippen LogP contribution in [0.1, 0.15) is 32.6 Å². The molecule has 0 spiro atoms. The van der Waals surface area contributed by atoms with Gasteiger partial charge in [0.05, 0.1) is 6.61 Å². The lowest BCUT2D eigenvalue weighted by atomic mass is 9.89. The summed E-state index contributed by atoms with van der Waals surface area (Å²) in [5.41, 5.74) is 0. The second-order valence-electron chi connectivity index (χ2n) is 4.92. The predicted molar refractivity (Wildman–Crippen MR) is 50.5 cm³/mol. The zero-order chi connectivity index (χ0) is 11.1. The number of ether oxygens (including phenoxy) is 1. The van der Waals surface area contributed by atoms with E-state index < -0.39 is 11.9 Å². The Morgan fingerprint density at radius 2 is 2.13 bits per heavy atom. The molecule has 0 amide bonds. The molecule has 0 saturated heterocycles. The van der Waals surface area contributed by atoms with E-state index in [0.717, 1.165) is 12.3 Å². The second kappa shape index (κ2) is 3.72. The number of esters is 1. The molecule has 4 heteroatoms. The minimum Gasteiger partial charge on any atom is -0.461 e. The highest BCUT2D eigenvalue weighted by Crippen LogP contribution is 2.48. The lowest BCUT2D eigenvalue weighted by Gasteiger charge is -2.21. The summed E-state index contributed by atoms with van der Waals surface area (Å²) < 4.78 is 29.7. The maximum atomic E-state index is 12.5. The fraction of sp³-hybridized carbons (Fsp3) is 0.909. The van der Waals surface area contributed by atoms with Gasteiger partial charge in [-0.2, -0.15) is 8.78 Å². The van der Waals surface area contributed by atoms with E-state index in [2.05, 4.69) is 4.74 Å². The molecule has 0 radical (unpaired) electrons. The molecule has 0 aromatic carbocycles. The van der Waals surface area contributed by atoms with Crippen LogP contribution < -0.4 is 0 Å². The van der Waals surface area contributed by atoms with Crippen LogP contribution in [0.2, 0.25) is 0 Å². The largest absolute Gasteiger partial charge is 0.461 e. The number of rotatable bonds is 3. The van der Waals surface area contributed by atoms with E-state index in [9.17, 15) is 13.6 Å². The molecule has 0 N–H and O–H groups in total. The van der Waals surface area contributed by atoms with Gasteiger partial charge < -0.3 is 4.74 Å². The quantitative estimate of drug-likeness (QED) is 0.681. The zero-order valence-electron chi connectivity index (χ0n) is 8.84. The van der Waals surface area contributed by atoms with Crippen molar-refractivity contribution in [1.29, 1.82) is 0 Å². The molecule has 0 aromatic heterocycles. The highest BCUT2D eigenvalue weighted by molar-refractivity contribution is 5.76. The van der Waals surface area contributed by atoms with E-state index >= 15 is 0 Å². The smallest absolute Gasteiger partial charge is 0.376 e. The fourth-order valence-electron chi connectivity index (χ4n) is 2.89. The van der Waals surface area contributed by atoms with Crippen LogP contribution in [0.5, 0.6) is 0 Å². The number of hydrogen-bond acceptors (Lipinski definition) is 2. The number of halogens is 2. The monoisotopic (exact) mass is 218 g/mol. The predicted octanol–water partition coefficient (Wildman–Crippen LogP) is 2.62. The summed E-state index contributed by atoms with van der Waals surface area (Å²) in [6, 6.07) is 0. The van der Waals surface area contributed by atoms with Gasteiger partial charge in [-0.15, -0.1) is 0 Å². The Labute approximate surface area is 88.0 Å². The first-order valence-corrected chi connectivity index (χ1v) is 5.52. The summed E-state index contributed by atoms with van der Waals surface area (Å²) in [5.74, 6) is -3.05. The number of hydrogen-bond donors (Lipinski definition) is 0. The van der Waals surface area contributed by atoms with E-state index in [4.69, 9.17) is 0 Å². The van der Waals surface area contributed by atoms with Crippen molar-refractivity contribution in [2.24, 2.45) is 17.8 Å². The van der Waals surface area contributed by atoms with Crippen molar-refractivity contribution in [3.63, 3.8) is 0 Å². The van der Waals surface area contributed by atoms with Crippen molar-refractivity contribution in [2.45, 2.75) is 38.5 Å². The molecule has 2 rings (SSSR count). The third-order valence-electron chi connectivity index (χ3n) is 3.67. The van der Waals surface area contributed by atoms with Gasteiger partial charge in [-0.05, 0) is 37.0 Å². The molecule has 0 heterocycles. The molecule has 0 aromatic rings. The molecule has 2 bridgehead atoms. The summed E-state index contributed by atoms with van der Waals surface area (Å²) >= 11 is 0. The number of fused-ring (bicyclic) bond motifs is 2. The SMILES string of the molecule is CC(F)(F)C(=O)OCC1CC2CCC1C2. The van der Waals surface area contributed by atoms with Gasteiger partial charge in [0.15, 0.2) is 0 Å². The third-order valence-corrected chi connectivity index (χ3v) is 3.67. The Balaban J connectivity index is 1.77. The van der Waals surface area contributed by atoms with Gasteiger partial charge in [0.1, 0.15) is 0 Å². The van der Waals surface area contributed by atoms with E-state index in [1.165, 1.54) is 19.3 Å². The van der Waals surface area contributed by atoms with Gasteiger partial charge >= 0.3 is 11.9 Å². The molecule has 2 fully saturated rings. The van der Waals surface area contributed by atoms with Crippen LogP contribution in [0.3, 0.4) is 0 Å². The first-order chi connectivity index (χ1) is 6.97. The molecule has 2 saturated carbocycles. The lowest BCUT2D eigenvalue weighted by Crippen LogP contribution is -2.29. The molecule has 0 aliphatic heterocycles. The van der Waals surface area contributed by atoms with Crippen molar-refractivity contribution in [1.82, 2.24) is 0 Å². The molecule has 2 aliphatic carbocycles. The molecule has 86 valence electrons. The Bertz CT molecular complexity index is 260. The van der Waals surface area contributed by atoms with Crippen LogP contribution in [0.25, 0.3) is 0 Å². The van der Waals surface area contributed by atoms with Crippen LogP contribution in [-0.2, 0) is 9.53 Å². The molecule has 3 atom stereocenters. The molecule has 2 aliphatic rings. The molecule has 3 unspecified atom stereocenters. The van der Waals surface area contributed by atoms with Crippen molar-refractivity contribution in [3.8, 4) is 0 Å². The Hall–Kier alpha value is -0.670. The Morgan fingerprint density at radius 1 is 1.40 bits per heavy atom. The van der Waals surface area contributed by atoms with Gasteiger partial charge in [0.25, 0.3) is 0 Å². The lowest BCUT2D eigenvalue weighted by molar-refractivity contribution is -0.171. The van der Waals surface area contributed by atoms with Gasteiger partial charge in [-0.25, -0.2) is 4.79 Å². The average Bonchev–Trinajstić information content (AvgIpc) is 2.73. The molecular weight excluding hydrogens is 202 g/mol. The minimum absolute atomic E-state index is 0.184. The topological polar surface area (TPSA) is 26.3 Å². The molecular formula is C11H16F2O2. The number of alkyl halides is 2. The fourth-order valence-corrected chi connectivity index (χ4v) is 2.89. The standard InChI is InChI=1S/C11H16F2O2/c1-11(12,13)10(14)15-6-9-5-7-2-3-8(9)4-7/h7-9H,2-6H2,1H3. The third kappa shape index (κ3) is 2.29. The van der Waals surface area contributed by atoms with Gasteiger partial charge in [0.2, 0.25) is 0 Å².